The predicted molar refractivity (Wildman–Crippen MR) is 116 cm³/mol. The topological polar surface area (TPSA) is 51.2 Å². The summed E-state index contributed by atoms with van der Waals surface area (Å²) in [6, 6.07) is 15.8. The molecule has 1 atom stereocenters. The highest BCUT2D eigenvalue weighted by Crippen LogP contribution is 2.19. The summed E-state index contributed by atoms with van der Waals surface area (Å²) in [5.74, 6) is 0.765. The molecule has 4 rings (SSSR count). The summed E-state index contributed by atoms with van der Waals surface area (Å²) in [5.41, 5.74) is 2.97. The van der Waals surface area contributed by atoms with Gasteiger partial charge in [0.15, 0.2) is 0 Å². The van der Waals surface area contributed by atoms with E-state index in [1.807, 2.05) is 31.3 Å². The number of rotatable bonds is 7. The standard InChI is InChI=1S/C24H30N2O4/c1-25(17-19-4-8-21(9-5-19)26-12-15-28-16-13-26)24(27)20-6-10-22(11-7-20)30-18-23-3-2-14-29-23/h4-11,23H,2-3,12-18H2,1H3/t23-/m0/s1. The number of nitrogens with zero attached hydrogens (tertiary/aromatic N) is 2. The van der Waals surface area contributed by atoms with Gasteiger partial charge in [0, 0.05) is 44.5 Å². The van der Waals surface area contributed by atoms with Crippen LogP contribution in [-0.4, -0.2) is 63.5 Å². The molecule has 0 saturated carbocycles. The van der Waals surface area contributed by atoms with Crippen LogP contribution < -0.4 is 9.64 Å². The third kappa shape index (κ3) is 5.32. The lowest BCUT2D eigenvalue weighted by atomic mass is 10.1. The fraction of sp³-hybridized carbons (Fsp3) is 0.458. The Morgan fingerprint density at radius 1 is 1.07 bits per heavy atom. The van der Waals surface area contributed by atoms with Crippen LogP contribution in [0.1, 0.15) is 28.8 Å². The van der Waals surface area contributed by atoms with E-state index in [2.05, 4.69) is 29.2 Å². The van der Waals surface area contributed by atoms with Gasteiger partial charge in [0.05, 0.1) is 19.3 Å². The van der Waals surface area contributed by atoms with Crippen LogP contribution in [0.3, 0.4) is 0 Å². The van der Waals surface area contributed by atoms with Crippen molar-refractivity contribution in [2.24, 2.45) is 0 Å². The van der Waals surface area contributed by atoms with E-state index in [1.54, 1.807) is 4.90 Å². The van der Waals surface area contributed by atoms with Gasteiger partial charge in [-0.3, -0.25) is 4.79 Å². The summed E-state index contributed by atoms with van der Waals surface area (Å²) in [7, 11) is 1.83. The highest BCUT2D eigenvalue weighted by Gasteiger charge is 2.17. The number of anilines is 1. The van der Waals surface area contributed by atoms with Gasteiger partial charge in [-0.2, -0.15) is 0 Å². The molecule has 1 amide bonds. The number of hydrogen-bond acceptors (Lipinski definition) is 5. The molecule has 6 heteroatoms. The van der Waals surface area contributed by atoms with Crippen molar-refractivity contribution in [3.63, 3.8) is 0 Å². The number of benzene rings is 2. The molecule has 160 valence electrons. The first-order valence-corrected chi connectivity index (χ1v) is 10.7. The van der Waals surface area contributed by atoms with Crippen molar-refractivity contribution in [3.05, 3.63) is 59.7 Å². The van der Waals surface area contributed by atoms with Crippen LogP contribution in [0.15, 0.2) is 48.5 Å². The fourth-order valence-electron chi connectivity index (χ4n) is 3.86. The largest absolute Gasteiger partial charge is 0.491 e. The van der Waals surface area contributed by atoms with Gasteiger partial charge >= 0.3 is 0 Å². The van der Waals surface area contributed by atoms with Crippen LogP contribution in [-0.2, 0) is 16.0 Å². The molecule has 0 radical (unpaired) electrons. The molecule has 2 heterocycles. The number of hydrogen-bond donors (Lipinski definition) is 0. The molecule has 2 fully saturated rings. The number of carbonyl (C=O) groups is 1. The highest BCUT2D eigenvalue weighted by molar-refractivity contribution is 5.94. The van der Waals surface area contributed by atoms with Crippen molar-refractivity contribution in [3.8, 4) is 5.75 Å². The first-order valence-electron chi connectivity index (χ1n) is 10.7. The summed E-state index contributed by atoms with van der Waals surface area (Å²) in [5, 5.41) is 0. The fourth-order valence-corrected chi connectivity index (χ4v) is 3.86. The Balaban J connectivity index is 1.29. The van der Waals surface area contributed by atoms with Crippen LogP contribution in [0, 0.1) is 0 Å². The van der Waals surface area contributed by atoms with Crippen molar-refractivity contribution < 1.29 is 19.0 Å². The molecule has 2 aromatic rings. The van der Waals surface area contributed by atoms with Crippen molar-refractivity contribution in [2.45, 2.75) is 25.5 Å². The van der Waals surface area contributed by atoms with Gasteiger partial charge in [0.2, 0.25) is 0 Å². The normalized spacial score (nSPS) is 19.0. The maximum atomic E-state index is 12.8. The summed E-state index contributed by atoms with van der Waals surface area (Å²) in [6.45, 7) is 5.35. The number of carbonyl (C=O) groups excluding carboxylic acids is 1. The second-order valence-electron chi connectivity index (χ2n) is 7.90. The molecule has 2 aliphatic rings. The second kappa shape index (κ2) is 9.96. The Kier molecular flexibility index (Phi) is 6.87. The van der Waals surface area contributed by atoms with Crippen LogP contribution in [0.2, 0.25) is 0 Å². The third-order valence-electron chi connectivity index (χ3n) is 5.64. The first-order chi connectivity index (χ1) is 14.7. The van der Waals surface area contributed by atoms with Crippen LogP contribution in [0.4, 0.5) is 5.69 Å². The van der Waals surface area contributed by atoms with Crippen molar-refractivity contribution in [1.29, 1.82) is 0 Å². The molecule has 2 saturated heterocycles. The minimum Gasteiger partial charge on any atom is -0.491 e. The molecular weight excluding hydrogens is 380 g/mol. The molecule has 0 N–H and O–H groups in total. The van der Waals surface area contributed by atoms with E-state index in [9.17, 15) is 4.79 Å². The zero-order chi connectivity index (χ0) is 20.8. The molecule has 6 nitrogen and oxygen atoms in total. The van der Waals surface area contributed by atoms with E-state index < -0.39 is 0 Å². The number of morpholine rings is 1. The van der Waals surface area contributed by atoms with Gasteiger partial charge in [-0.1, -0.05) is 12.1 Å². The quantitative estimate of drug-likeness (QED) is 0.701. The van der Waals surface area contributed by atoms with Gasteiger partial charge in [-0.15, -0.1) is 0 Å². The Bertz CT molecular complexity index is 810. The van der Waals surface area contributed by atoms with E-state index in [4.69, 9.17) is 14.2 Å². The van der Waals surface area contributed by atoms with Crippen LogP contribution in [0.5, 0.6) is 5.75 Å². The van der Waals surface area contributed by atoms with E-state index in [0.29, 0.717) is 18.7 Å². The summed E-state index contributed by atoms with van der Waals surface area (Å²) in [4.78, 5) is 16.9. The van der Waals surface area contributed by atoms with Crippen LogP contribution in [0.25, 0.3) is 0 Å². The molecule has 2 aromatic carbocycles. The third-order valence-corrected chi connectivity index (χ3v) is 5.64. The lowest BCUT2D eigenvalue weighted by molar-refractivity contribution is 0.0679. The zero-order valence-electron chi connectivity index (χ0n) is 17.6. The predicted octanol–water partition coefficient (Wildman–Crippen LogP) is 3.35. The zero-order valence-corrected chi connectivity index (χ0v) is 17.6. The summed E-state index contributed by atoms with van der Waals surface area (Å²) < 4.78 is 16.8. The molecule has 0 aromatic heterocycles. The average molecular weight is 411 g/mol. The molecule has 0 bridgehead atoms. The SMILES string of the molecule is CN(Cc1ccc(N2CCOCC2)cc1)C(=O)c1ccc(OC[C@@H]2CCCO2)cc1. The monoisotopic (exact) mass is 410 g/mol. The Labute approximate surface area is 178 Å². The summed E-state index contributed by atoms with van der Waals surface area (Å²) >= 11 is 0. The van der Waals surface area contributed by atoms with Crippen molar-refractivity contribution in [2.75, 3.05) is 51.5 Å². The molecule has 0 aliphatic carbocycles. The van der Waals surface area contributed by atoms with Gasteiger partial charge in [0.25, 0.3) is 5.91 Å². The molecule has 0 unspecified atom stereocenters. The van der Waals surface area contributed by atoms with Crippen LogP contribution >= 0.6 is 0 Å². The van der Waals surface area contributed by atoms with Crippen molar-refractivity contribution >= 4 is 11.6 Å². The Morgan fingerprint density at radius 3 is 2.47 bits per heavy atom. The smallest absolute Gasteiger partial charge is 0.253 e. The maximum absolute atomic E-state index is 12.8. The molecule has 0 spiro atoms. The lowest BCUT2D eigenvalue weighted by Gasteiger charge is -2.29. The number of amides is 1. The minimum atomic E-state index is -0.00191. The van der Waals surface area contributed by atoms with E-state index in [-0.39, 0.29) is 12.0 Å². The van der Waals surface area contributed by atoms with Gasteiger partial charge in [-0.05, 0) is 54.8 Å². The minimum absolute atomic E-state index is 0.00191. The maximum Gasteiger partial charge on any atom is 0.253 e. The lowest BCUT2D eigenvalue weighted by Crippen LogP contribution is -2.36. The Morgan fingerprint density at radius 2 is 1.80 bits per heavy atom. The average Bonchev–Trinajstić information content (AvgIpc) is 3.32. The van der Waals surface area contributed by atoms with E-state index in [1.165, 1.54) is 5.69 Å². The van der Waals surface area contributed by atoms with Crippen molar-refractivity contribution in [1.82, 2.24) is 4.90 Å². The number of ether oxygens (including phenoxy) is 3. The van der Waals surface area contributed by atoms with Gasteiger partial charge < -0.3 is 24.0 Å². The van der Waals surface area contributed by atoms with E-state index in [0.717, 1.165) is 57.1 Å². The second-order valence-corrected chi connectivity index (χ2v) is 7.90. The van der Waals surface area contributed by atoms with E-state index >= 15 is 0 Å². The Hall–Kier alpha value is -2.57. The van der Waals surface area contributed by atoms with Gasteiger partial charge in [-0.25, -0.2) is 0 Å². The molecule has 2 aliphatic heterocycles. The molecule has 30 heavy (non-hydrogen) atoms. The van der Waals surface area contributed by atoms with Gasteiger partial charge in [0.1, 0.15) is 12.4 Å². The highest BCUT2D eigenvalue weighted by atomic mass is 16.5. The first kappa shape index (κ1) is 20.7. The molecular formula is C24H30N2O4. The summed E-state index contributed by atoms with van der Waals surface area (Å²) in [6.07, 6.45) is 2.34.